The van der Waals surface area contributed by atoms with E-state index in [9.17, 15) is 43.8 Å². The van der Waals surface area contributed by atoms with Crippen LogP contribution in [0.1, 0.15) is 60.3 Å². The zero-order valence-electron chi connectivity index (χ0n) is 26.1. The Morgan fingerprint density at radius 1 is 0.659 bits per heavy atom. The average molecular weight is 631 g/mol. The van der Waals surface area contributed by atoms with Crippen molar-refractivity contribution in [2.75, 3.05) is 26.2 Å². The van der Waals surface area contributed by atoms with Gasteiger partial charge in [-0.2, -0.15) is 0 Å². The second-order valence-corrected chi connectivity index (χ2v) is 11.1. The summed E-state index contributed by atoms with van der Waals surface area (Å²) >= 11 is 0. The van der Waals surface area contributed by atoms with E-state index in [0.717, 1.165) is 0 Å². The minimum Gasteiger partial charge on any atom is -0.480 e. The molecule has 0 fully saturated rings. The van der Waals surface area contributed by atoms with E-state index in [0.29, 0.717) is 19.4 Å². The Bertz CT molecular complexity index is 990. The largest absolute Gasteiger partial charge is 0.480 e. The highest BCUT2D eigenvalue weighted by Crippen LogP contribution is 2.09. The Labute approximate surface area is 257 Å². The molecule has 0 bridgehead atoms. The van der Waals surface area contributed by atoms with E-state index < -0.39 is 97.2 Å². The lowest BCUT2D eigenvalue weighted by molar-refractivity contribution is -0.142. The van der Waals surface area contributed by atoms with Crippen molar-refractivity contribution in [3.05, 3.63) is 0 Å². The van der Waals surface area contributed by atoms with Crippen LogP contribution in [0.3, 0.4) is 0 Å². The second-order valence-electron chi connectivity index (χ2n) is 11.1. The van der Waals surface area contributed by atoms with Crippen molar-refractivity contribution in [2.45, 2.75) is 90.6 Å². The van der Waals surface area contributed by atoms with E-state index in [1.165, 1.54) is 6.92 Å². The fourth-order valence-corrected chi connectivity index (χ4v) is 3.91. The Balaban J connectivity index is 5.22. The molecule has 12 N–H and O–H groups in total. The maximum absolute atomic E-state index is 13.2. The van der Waals surface area contributed by atoms with Gasteiger partial charge in [0.1, 0.15) is 24.2 Å². The van der Waals surface area contributed by atoms with Gasteiger partial charge in [-0.05, 0) is 51.0 Å². The highest BCUT2D eigenvalue weighted by Gasteiger charge is 2.33. The first-order chi connectivity index (χ1) is 20.5. The van der Waals surface area contributed by atoms with Gasteiger partial charge in [0.15, 0.2) is 0 Å². The zero-order valence-corrected chi connectivity index (χ0v) is 26.1. The molecule has 0 spiro atoms. The number of nitrogens with two attached hydrogens (primary N) is 2. The number of carboxylic acids is 1. The number of carboxylic acid groups (broad SMARTS) is 1. The number of aliphatic hydroxyl groups is 1. The Hall–Kier alpha value is -3.83. The third-order valence-electron chi connectivity index (χ3n) is 6.30. The molecule has 5 atom stereocenters. The van der Waals surface area contributed by atoms with Gasteiger partial charge < -0.3 is 53.6 Å². The summed E-state index contributed by atoms with van der Waals surface area (Å²) in [6, 6.07) is -4.74. The van der Waals surface area contributed by atoms with Gasteiger partial charge in [0, 0.05) is 0 Å². The summed E-state index contributed by atoms with van der Waals surface area (Å²) in [7, 11) is 0. The number of rotatable bonds is 21. The van der Waals surface area contributed by atoms with Crippen molar-refractivity contribution in [3.8, 4) is 0 Å². The van der Waals surface area contributed by atoms with Crippen LogP contribution < -0.4 is 43.4 Å². The van der Waals surface area contributed by atoms with Crippen LogP contribution in [0.5, 0.6) is 0 Å². The summed E-state index contributed by atoms with van der Waals surface area (Å²) in [5, 5.41) is 33.6. The number of unbranched alkanes of at least 4 members (excludes halogenated alkanes) is 1. The van der Waals surface area contributed by atoms with Gasteiger partial charge in [0.05, 0.1) is 25.7 Å². The Kier molecular flexibility index (Phi) is 19.1. The monoisotopic (exact) mass is 630 g/mol. The summed E-state index contributed by atoms with van der Waals surface area (Å²) < 4.78 is 0. The van der Waals surface area contributed by atoms with Gasteiger partial charge in [-0.25, -0.2) is 4.79 Å². The van der Waals surface area contributed by atoms with Crippen LogP contribution in [0.4, 0.5) is 0 Å². The van der Waals surface area contributed by atoms with Crippen molar-refractivity contribution >= 4 is 41.4 Å². The van der Waals surface area contributed by atoms with Gasteiger partial charge in [0.2, 0.25) is 35.4 Å². The molecule has 0 aliphatic heterocycles. The fourth-order valence-electron chi connectivity index (χ4n) is 3.91. The van der Waals surface area contributed by atoms with Gasteiger partial charge >= 0.3 is 5.97 Å². The normalized spacial score (nSPS) is 14.4. The minimum absolute atomic E-state index is 0.0613. The van der Waals surface area contributed by atoms with Gasteiger partial charge in [-0.1, -0.05) is 27.7 Å². The van der Waals surface area contributed by atoms with Gasteiger partial charge in [0.25, 0.3) is 0 Å². The number of amides is 6. The van der Waals surface area contributed by atoms with E-state index in [1.807, 2.05) is 13.8 Å². The maximum Gasteiger partial charge on any atom is 0.326 e. The van der Waals surface area contributed by atoms with Crippen molar-refractivity contribution < 1.29 is 43.8 Å². The summed E-state index contributed by atoms with van der Waals surface area (Å²) in [5.74, 6) is -6.09. The summed E-state index contributed by atoms with van der Waals surface area (Å²) in [5.41, 5.74) is 10.7. The Morgan fingerprint density at radius 2 is 1.25 bits per heavy atom. The first-order valence-electron chi connectivity index (χ1n) is 14.6. The van der Waals surface area contributed by atoms with E-state index in [-0.39, 0.29) is 18.8 Å². The molecule has 0 heterocycles. The molecular weight excluding hydrogens is 580 g/mol. The molecule has 0 rings (SSSR count). The third-order valence-corrected chi connectivity index (χ3v) is 6.30. The number of hydrogen-bond donors (Lipinski definition) is 10. The number of carbonyl (C=O) groups is 7. The number of nitrogens with one attached hydrogen (secondary N) is 6. The van der Waals surface area contributed by atoms with Crippen LogP contribution in [0.25, 0.3) is 0 Å². The molecule has 0 aromatic heterocycles. The van der Waals surface area contributed by atoms with Crippen molar-refractivity contribution in [3.63, 3.8) is 0 Å². The highest BCUT2D eigenvalue weighted by molar-refractivity contribution is 5.95. The molecule has 17 heteroatoms. The summed E-state index contributed by atoms with van der Waals surface area (Å²) in [6.45, 7) is 7.14. The average Bonchev–Trinajstić information content (AvgIpc) is 2.94. The lowest BCUT2D eigenvalue weighted by Crippen LogP contribution is -2.60. The van der Waals surface area contributed by atoms with Crippen LogP contribution in [0, 0.1) is 11.8 Å². The van der Waals surface area contributed by atoms with Crippen LogP contribution >= 0.6 is 0 Å². The Morgan fingerprint density at radius 3 is 1.75 bits per heavy atom. The molecule has 0 aliphatic rings. The molecule has 0 aliphatic carbocycles. The maximum atomic E-state index is 13.2. The van der Waals surface area contributed by atoms with Gasteiger partial charge in [-0.3, -0.25) is 28.8 Å². The second kappa shape index (κ2) is 21.0. The molecule has 44 heavy (non-hydrogen) atoms. The number of carbonyl (C=O) groups excluding carboxylic acids is 6. The molecule has 0 saturated heterocycles. The minimum atomic E-state index is -1.37. The molecule has 0 unspecified atom stereocenters. The van der Waals surface area contributed by atoms with E-state index in [4.69, 9.17) is 11.5 Å². The van der Waals surface area contributed by atoms with Crippen molar-refractivity contribution in [1.82, 2.24) is 31.9 Å². The summed E-state index contributed by atoms with van der Waals surface area (Å²) in [6.07, 6.45) is 0.167. The van der Waals surface area contributed by atoms with E-state index in [2.05, 4.69) is 31.9 Å². The lowest BCUT2D eigenvalue weighted by Gasteiger charge is -2.28. The van der Waals surface area contributed by atoms with Crippen LogP contribution in [0.2, 0.25) is 0 Å². The van der Waals surface area contributed by atoms with E-state index in [1.54, 1.807) is 13.8 Å². The third kappa shape index (κ3) is 16.1. The SMILES string of the molecule is CC(C)C[C@H](NC(=O)[C@@H](NC(=O)[C@@H](NC(=O)CN)[C@@H](C)O)C(C)C)C(=O)NCC(=O)NCC(=O)N[C@@H](CCCCN)C(=O)O. The number of aliphatic hydroxyl groups excluding tert-OH is 1. The topological polar surface area (TPSA) is 284 Å². The fraction of sp³-hybridized carbons (Fsp3) is 0.741. The molecule has 0 radical (unpaired) electrons. The predicted octanol–water partition coefficient (Wildman–Crippen LogP) is -3.59. The molecule has 252 valence electrons. The molecule has 0 aromatic carbocycles. The standard InChI is InChI=1S/C27H50N8O9/c1-14(2)10-18(33-25(41)22(15(3)4)35-26(42)23(16(5)36)34-19(37)11-29)24(40)31-12-20(38)30-13-21(39)32-17(27(43)44)8-6-7-9-28/h14-18,22-23,36H,6-13,28-29H2,1-5H3,(H,30,38)(H,31,40)(H,32,39)(H,33,41)(H,34,37)(H,35,42)(H,43,44)/t16-,17+,18+,22+,23+/m1/s1. The molecule has 0 saturated carbocycles. The molecule has 6 amide bonds. The molecule has 0 aromatic rings. The highest BCUT2D eigenvalue weighted by atomic mass is 16.4. The van der Waals surface area contributed by atoms with E-state index >= 15 is 0 Å². The van der Waals surface area contributed by atoms with Crippen LogP contribution in [-0.4, -0.2) is 108 Å². The van der Waals surface area contributed by atoms with Crippen LogP contribution in [-0.2, 0) is 33.6 Å². The smallest absolute Gasteiger partial charge is 0.326 e. The number of aliphatic carboxylic acids is 1. The zero-order chi connectivity index (χ0) is 34.0. The van der Waals surface area contributed by atoms with Gasteiger partial charge in [-0.15, -0.1) is 0 Å². The first kappa shape index (κ1) is 40.2. The number of hydrogen-bond acceptors (Lipinski definition) is 10. The van der Waals surface area contributed by atoms with Crippen molar-refractivity contribution in [1.29, 1.82) is 0 Å². The summed E-state index contributed by atoms with van der Waals surface area (Å²) in [4.78, 5) is 86.3. The van der Waals surface area contributed by atoms with Crippen molar-refractivity contribution in [2.24, 2.45) is 23.3 Å². The first-order valence-corrected chi connectivity index (χ1v) is 14.6. The predicted molar refractivity (Wildman–Crippen MR) is 159 cm³/mol. The molecule has 17 nitrogen and oxygen atoms in total. The van der Waals surface area contributed by atoms with Crippen LogP contribution in [0.15, 0.2) is 0 Å². The molecular formula is C27H50N8O9. The quantitative estimate of drug-likeness (QED) is 0.0553. The lowest BCUT2D eigenvalue weighted by atomic mass is 9.99.